The summed E-state index contributed by atoms with van der Waals surface area (Å²) in [5, 5.41) is 1.90. The lowest BCUT2D eigenvalue weighted by Crippen LogP contribution is -2.26. The summed E-state index contributed by atoms with van der Waals surface area (Å²) in [6, 6.07) is 8.63. The van der Waals surface area contributed by atoms with Gasteiger partial charge in [-0.1, -0.05) is 62.4 Å². The first-order valence-corrected chi connectivity index (χ1v) is 11.4. The molecule has 1 aliphatic rings. The molecule has 0 bridgehead atoms. The molecule has 0 spiro atoms. The van der Waals surface area contributed by atoms with E-state index >= 15 is 0 Å². The van der Waals surface area contributed by atoms with Gasteiger partial charge in [-0.05, 0) is 48.6 Å². The first-order valence-electron chi connectivity index (χ1n) is 9.57. The molecule has 0 saturated carbocycles. The van der Waals surface area contributed by atoms with Crippen LogP contribution < -0.4 is 5.73 Å². The largest absolute Gasteiger partial charge is 0.383 e. The van der Waals surface area contributed by atoms with Gasteiger partial charge < -0.3 is 5.73 Å². The molecule has 2 N–H and O–H groups in total. The van der Waals surface area contributed by atoms with Crippen molar-refractivity contribution in [2.45, 2.75) is 57.9 Å². The molecular weight excluding hydrogens is 370 g/mol. The number of anilines is 1. The van der Waals surface area contributed by atoms with E-state index in [0.29, 0.717) is 11.2 Å². The van der Waals surface area contributed by atoms with Crippen molar-refractivity contribution < 1.29 is 0 Å². The molecule has 1 unspecified atom stereocenters. The molecular formula is C22H27N3S2. The fourth-order valence-corrected chi connectivity index (χ4v) is 5.99. The third kappa shape index (κ3) is 3.85. The van der Waals surface area contributed by atoms with Gasteiger partial charge in [-0.15, -0.1) is 11.3 Å². The normalized spacial score (nSPS) is 17.3. The van der Waals surface area contributed by atoms with E-state index in [1.165, 1.54) is 28.0 Å². The van der Waals surface area contributed by atoms with Crippen LogP contribution in [0.1, 0.15) is 48.8 Å². The predicted molar refractivity (Wildman–Crippen MR) is 118 cm³/mol. The van der Waals surface area contributed by atoms with Crippen molar-refractivity contribution in [3.63, 3.8) is 0 Å². The average Bonchev–Trinajstić information content (AvgIpc) is 2.98. The van der Waals surface area contributed by atoms with Gasteiger partial charge >= 0.3 is 0 Å². The van der Waals surface area contributed by atoms with Crippen molar-refractivity contribution in [3.8, 4) is 0 Å². The zero-order valence-electron chi connectivity index (χ0n) is 16.5. The fourth-order valence-electron chi connectivity index (χ4n) is 3.82. The maximum absolute atomic E-state index is 6.38. The van der Waals surface area contributed by atoms with Gasteiger partial charge in [-0.3, -0.25) is 0 Å². The number of hydrogen-bond donors (Lipinski definition) is 1. The van der Waals surface area contributed by atoms with E-state index in [0.717, 1.165) is 39.9 Å². The Kier molecular flexibility index (Phi) is 4.93. The number of aryl methyl sites for hydroxylation is 2. The summed E-state index contributed by atoms with van der Waals surface area (Å²) in [6.07, 6.45) is 3.47. The summed E-state index contributed by atoms with van der Waals surface area (Å²) >= 11 is 3.49. The molecule has 5 heteroatoms. The number of thioether (sulfide) groups is 1. The highest BCUT2D eigenvalue weighted by atomic mass is 32.2. The molecule has 27 heavy (non-hydrogen) atoms. The maximum atomic E-state index is 6.38. The van der Waals surface area contributed by atoms with Crippen LogP contribution in [-0.4, -0.2) is 9.97 Å². The number of benzene rings is 1. The molecule has 0 radical (unpaired) electrons. The van der Waals surface area contributed by atoms with Crippen LogP contribution in [0, 0.1) is 18.3 Å². The van der Waals surface area contributed by atoms with Gasteiger partial charge in [-0.2, -0.15) is 0 Å². The molecule has 4 rings (SSSR count). The number of hydrogen-bond acceptors (Lipinski definition) is 5. The Balaban J connectivity index is 1.60. The molecule has 0 fully saturated rings. The molecule has 3 nitrogen and oxygen atoms in total. The lowest BCUT2D eigenvalue weighted by molar-refractivity contribution is 0.218. The second-order valence-electron chi connectivity index (χ2n) is 8.66. The van der Waals surface area contributed by atoms with E-state index in [1.54, 1.807) is 11.8 Å². The highest BCUT2D eigenvalue weighted by Gasteiger charge is 2.31. The van der Waals surface area contributed by atoms with Gasteiger partial charge in [0.2, 0.25) is 0 Å². The van der Waals surface area contributed by atoms with Gasteiger partial charge in [-0.25, -0.2) is 9.97 Å². The molecule has 0 aliphatic heterocycles. The van der Waals surface area contributed by atoms with Crippen LogP contribution in [0.2, 0.25) is 0 Å². The monoisotopic (exact) mass is 397 g/mol. The number of aromatic nitrogens is 2. The first-order chi connectivity index (χ1) is 12.8. The highest BCUT2D eigenvalue weighted by Crippen LogP contribution is 2.44. The number of thiophene rings is 1. The molecule has 2 aromatic heterocycles. The van der Waals surface area contributed by atoms with E-state index in [4.69, 9.17) is 10.7 Å². The number of nitrogen functional groups attached to an aromatic ring is 1. The van der Waals surface area contributed by atoms with Crippen LogP contribution >= 0.6 is 23.1 Å². The second-order valence-corrected chi connectivity index (χ2v) is 10.7. The zero-order valence-corrected chi connectivity index (χ0v) is 18.1. The Morgan fingerprint density at radius 2 is 1.93 bits per heavy atom. The van der Waals surface area contributed by atoms with Crippen molar-refractivity contribution in [1.29, 1.82) is 0 Å². The molecule has 0 amide bonds. The SMILES string of the molecule is Cc1ccc(CSc2nc(N)c3c4c(sc3n2)CC(C(C)(C)C)CC4)cc1. The third-order valence-electron chi connectivity index (χ3n) is 5.63. The minimum Gasteiger partial charge on any atom is -0.383 e. The smallest absolute Gasteiger partial charge is 0.191 e. The van der Waals surface area contributed by atoms with Gasteiger partial charge in [0.25, 0.3) is 0 Å². The Morgan fingerprint density at radius 1 is 1.19 bits per heavy atom. The topological polar surface area (TPSA) is 51.8 Å². The number of nitrogens with two attached hydrogens (primary N) is 1. The summed E-state index contributed by atoms with van der Waals surface area (Å²) in [4.78, 5) is 12.0. The summed E-state index contributed by atoms with van der Waals surface area (Å²) in [5.41, 5.74) is 10.7. The van der Waals surface area contributed by atoms with E-state index in [1.807, 2.05) is 11.3 Å². The quantitative estimate of drug-likeness (QED) is 0.433. The van der Waals surface area contributed by atoms with E-state index < -0.39 is 0 Å². The first kappa shape index (κ1) is 18.8. The van der Waals surface area contributed by atoms with Crippen LogP contribution in [0.5, 0.6) is 0 Å². The number of rotatable bonds is 3. The van der Waals surface area contributed by atoms with Crippen molar-refractivity contribution in [1.82, 2.24) is 9.97 Å². The van der Waals surface area contributed by atoms with Crippen LogP contribution in [-0.2, 0) is 18.6 Å². The second kappa shape index (κ2) is 7.10. The van der Waals surface area contributed by atoms with Gasteiger partial charge in [0.05, 0.1) is 5.39 Å². The zero-order chi connectivity index (χ0) is 19.2. The van der Waals surface area contributed by atoms with E-state index in [9.17, 15) is 0 Å². The Labute approximate surface area is 169 Å². The molecule has 1 aromatic carbocycles. The standard InChI is InChI=1S/C22H27N3S2/c1-13-5-7-14(8-6-13)12-26-21-24-19(23)18-16-10-9-15(22(2,3)4)11-17(16)27-20(18)25-21/h5-8,15H,9-12H2,1-4H3,(H2,23,24,25). The molecule has 3 aromatic rings. The summed E-state index contributed by atoms with van der Waals surface area (Å²) in [5.74, 6) is 2.24. The van der Waals surface area contributed by atoms with Crippen molar-refractivity contribution in [3.05, 3.63) is 45.8 Å². The van der Waals surface area contributed by atoms with Crippen LogP contribution in [0.25, 0.3) is 10.2 Å². The number of fused-ring (bicyclic) bond motifs is 3. The van der Waals surface area contributed by atoms with E-state index in [-0.39, 0.29) is 0 Å². The highest BCUT2D eigenvalue weighted by molar-refractivity contribution is 7.98. The van der Waals surface area contributed by atoms with Crippen LogP contribution in [0.15, 0.2) is 29.4 Å². The maximum Gasteiger partial charge on any atom is 0.191 e. The minimum atomic E-state index is 0.347. The van der Waals surface area contributed by atoms with Crippen molar-refractivity contribution in [2.75, 3.05) is 5.73 Å². The summed E-state index contributed by atoms with van der Waals surface area (Å²) in [6.45, 7) is 9.16. The Bertz CT molecular complexity index is 968. The predicted octanol–water partition coefficient (Wildman–Crippen LogP) is 6.03. The van der Waals surface area contributed by atoms with Gasteiger partial charge in [0.1, 0.15) is 10.6 Å². The molecule has 0 saturated heterocycles. The molecule has 1 atom stereocenters. The van der Waals surface area contributed by atoms with Gasteiger partial charge in [0.15, 0.2) is 5.16 Å². The Morgan fingerprint density at radius 3 is 2.63 bits per heavy atom. The summed E-state index contributed by atoms with van der Waals surface area (Å²) in [7, 11) is 0. The summed E-state index contributed by atoms with van der Waals surface area (Å²) < 4.78 is 0. The fraction of sp³-hybridized carbons (Fsp3) is 0.455. The van der Waals surface area contributed by atoms with Gasteiger partial charge in [0, 0.05) is 10.6 Å². The number of nitrogens with zero attached hydrogens (tertiary/aromatic N) is 2. The molecule has 1 aliphatic carbocycles. The van der Waals surface area contributed by atoms with Crippen LogP contribution in [0.3, 0.4) is 0 Å². The van der Waals surface area contributed by atoms with E-state index in [2.05, 4.69) is 56.9 Å². The van der Waals surface area contributed by atoms with Crippen molar-refractivity contribution >= 4 is 39.1 Å². The van der Waals surface area contributed by atoms with Crippen LogP contribution in [0.4, 0.5) is 5.82 Å². The third-order valence-corrected chi connectivity index (χ3v) is 7.70. The minimum absolute atomic E-state index is 0.347. The molecule has 142 valence electrons. The lowest BCUT2D eigenvalue weighted by atomic mass is 9.72. The average molecular weight is 398 g/mol. The van der Waals surface area contributed by atoms with Crippen molar-refractivity contribution in [2.24, 2.45) is 11.3 Å². The Hall–Kier alpha value is -1.59. The lowest BCUT2D eigenvalue weighted by Gasteiger charge is -2.33. The molecule has 2 heterocycles.